The molecule has 0 radical (unpaired) electrons. The highest BCUT2D eigenvalue weighted by atomic mass is 28.3. The van der Waals surface area contributed by atoms with Crippen LogP contribution in [0.5, 0.6) is 0 Å². The number of pyridine rings is 1. The van der Waals surface area contributed by atoms with E-state index in [2.05, 4.69) is 62.1 Å². The smallest absolute Gasteiger partial charge is 0.144 e. The fraction of sp³-hybridized carbons (Fsp3) is 0.115. The van der Waals surface area contributed by atoms with Crippen molar-refractivity contribution in [1.29, 1.82) is 0 Å². The number of furan rings is 2. The molecule has 30 heavy (non-hydrogen) atoms. The molecule has 0 aliphatic heterocycles. The average molecular weight is 408 g/mol. The van der Waals surface area contributed by atoms with Crippen molar-refractivity contribution in [3.63, 3.8) is 0 Å². The summed E-state index contributed by atoms with van der Waals surface area (Å²) in [5, 5.41) is 5.78. The standard InChI is InChI=1S/C26H21NO2Si/c1-30(2,3)24-13-7-10-18-20-15-27-21(14-23(20)29-26(18)24)19-11-6-9-17-16-8-4-5-12-22(16)28-25(17)19/h4-15H,1-3H3. The Balaban J connectivity index is 1.62. The molecule has 6 aromatic rings. The molecule has 3 nitrogen and oxygen atoms in total. The van der Waals surface area contributed by atoms with Crippen LogP contribution in [0.15, 0.2) is 81.8 Å². The Hall–Kier alpha value is -3.37. The minimum Gasteiger partial charge on any atom is -0.456 e. The zero-order valence-corrected chi connectivity index (χ0v) is 18.2. The second-order valence-corrected chi connectivity index (χ2v) is 13.9. The van der Waals surface area contributed by atoms with E-state index in [0.29, 0.717) is 0 Å². The lowest BCUT2D eigenvalue weighted by Gasteiger charge is -2.16. The van der Waals surface area contributed by atoms with Crippen LogP contribution in [-0.2, 0) is 0 Å². The van der Waals surface area contributed by atoms with E-state index < -0.39 is 8.07 Å². The number of fused-ring (bicyclic) bond motifs is 6. The Morgan fingerprint density at radius 3 is 2.20 bits per heavy atom. The van der Waals surface area contributed by atoms with Gasteiger partial charge in [-0.3, -0.25) is 4.98 Å². The van der Waals surface area contributed by atoms with Crippen molar-refractivity contribution in [2.75, 3.05) is 0 Å². The summed E-state index contributed by atoms with van der Waals surface area (Å²) in [6.45, 7) is 7.04. The number of benzene rings is 3. The van der Waals surface area contributed by atoms with Crippen LogP contribution in [0.2, 0.25) is 19.6 Å². The van der Waals surface area contributed by atoms with Crippen LogP contribution in [-0.4, -0.2) is 13.1 Å². The van der Waals surface area contributed by atoms with Crippen LogP contribution in [0, 0.1) is 0 Å². The Bertz CT molecular complexity index is 1580. The van der Waals surface area contributed by atoms with Gasteiger partial charge in [-0.1, -0.05) is 68.2 Å². The molecular weight excluding hydrogens is 386 g/mol. The van der Waals surface area contributed by atoms with E-state index in [-0.39, 0.29) is 0 Å². The van der Waals surface area contributed by atoms with E-state index in [1.807, 2.05) is 30.5 Å². The Morgan fingerprint density at radius 1 is 0.667 bits per heavy atom. The lowest BCUT2D eigenvalue weighted by molar-refractivity contribution is 0.668. The van der Waals surface area contributed by atoms with Crippen LogP contribution in [0.25, 0.3) is 55.1 Å². The highest BCUT2D eigenvalue weighted by Gasteiger charge is 2.23. The summed E-state index contributed by atoms with van der Waals surface area (Å²) in [7, 11) is -1.52. The van der Waals surface area contributed by atoms with Crippen LogP contribution in [0.1, 0.15) is 0 Å². The molecule has 146 valence electrons. The van der Waals surface area contributed by atoms with Crippen molar-refractivity contribution in [3.8, 4) is 11.3 Å². The molecule has 0 bridgehead atoms. The van der Waals surface area contributed by atoms with E-state index in [4.69, 9.17) is 13.8 Å². The first-order chi connectivity index (χ1) is 14.5. The number of para-hydroxylation sites is 3. The summed E-state index contributed by atoms with van der Waals surface area (Å²) in [6.07, 6.45) is 1.94. The molecule has 0 atom stereocenters. The number of rotatable bonds is 2. The first-order valence-corrected chi connectivity index (χ1v) is 13.7. The predicted octanol–water partition coefficient (Wildman–Crippen LogP) is 7.09. The summed E-state index contributed by atoms with van der Waals surface area (Å²) in [5.41, 5.74) is 5.48. The van der Waals surface area contributed by atoms with E-state index >= 15 is 0 Å². The topological polar surface area (TPSA) is 39.2 Å². The summed E-state index contributed by atoms with van der Waals surface area (Å²) < 4.78 is 12.6. The molecule has 3 aromatic heterocycles. The minimum absolute atomic E-state index is 0.862. The highest BCUT2D eigenvalue weighted by Crippen LogP contribution is 2.37. The molecule has 0 aliphatic carbocycles. The molecule has 0 N–H and O–H groups in total. The molecule has 3 aromatic carbocycles. The molecule has 0 aliphatic rings. The normalized spacial score (nSPS) is 12.5. The van der Waals surface area contributed by atoms with Crippen molar-refractivity contribution < 1.29 is 8.83 Å². The van der Waals surface area contributed by atoms with Crippen molar-refractivity contribution >= 4 is 57.1 Å². The van der Waals surface area contributed by atoms with E-state index in [1.165, 1.54) is 5.19 Å². The second kappa shape index (κ2) is 6.06. The van der Waals surface area contributed by atoms with Gasteiger partial charge in [-0.2, -0.15) is 0 Å². The maximum Gasteiger partial charge on any atom is 0.144 e. The van der Waals surface area contributed by atoms with E-state index in [1.54, 1.807) is 0 Å². The molecule has 0 saturated heterocycles. The van der Waals surface area contributed by atoms with Gasteiger partial charge in [0.2, 0.25) is 0 Å². The quantitative estimate of drug-likeness (QED) is 0.288. The molecule has 0 saturated carbocycles. The van der Waals surface area contributed by atoms with E-state index in [9.17, 15) is 0 Å². The summed E-state index contributed by atoms with van der Waals surface area (Å²) in [4.78, 5) is 4.80. The first kappa shape index (κ1) is 17.5. The molecule has 0 fully saturated rings. The van der Waals surface area contributed by atoms with Crippen molar-refractivity contribution in [2.45, 2.75) is 19.6 Å². The maximum atomic E-state index is 6.41. The minimum atomic E-state index is -1.52. The third kappa shape index (κ3) is 2.47. The van der Waals surface area contributed by atoms with Gasteiger partial charge in [0.15, 0.2) is 0 Å². The van der Waals surface area contributed by atoms with Crippen molar-refractivity contribution in [3.05, 3.63) is 72.9 Å². The lowest BCUT2D eigenvalue weighted by atomic mass is 10.1. The first-order valence-electron chi connectivity index (χ1n) is 10.2. The third-order valence-corrected chi connectivity index (χ3v) is 7.88. The van der Waals surface area contributed by atoms with Crippen LogP contribution in [0.3, 0.4) is 0 Å². The Labute approximate surface area is 174 Å². The van der Waals surface area contributed by atoms with Crippen LogP contribution >= 0.6 is 0 Å². The van der Waals surface area contributed by atoms with Crippen molar-refractivity contribution in [1.82, 2.24) is 4.98 Å². The van der Waals surface area contributed by atoms with Gasteiger partial charge in [-0.05, 0) is 17.3 Å². The Kier molecular flexibility index (Phi) is 3.53. The fourth-order valence-electron chi connectivity index (χ4n) is 4.38. The zero-order valence-electron chi connectivity index (χ0n) is 17.2. The van der Waals surface area contributed by atoms with Gasteiger partial charge >= 0.3 is 0 Å². The highest BCUT2D eigenvalue weighted by molar-refractivity contribution is 6.90. The lowest BCUT2D eigenvalue weighted by Crippen LogP contribution is -2.37. The SMILES string of the molecule is C[Si](C)(C)c1cccc2c1oc1cc(-c3cccc4c3oc3ccccc34)ncc12. The molecule has 0 amide bonds. The number of nitrogens with zero attached hydrogens (tertiary/aromatic N) is 1. The maximum absolute atomic E-state index is 6.41. The molecular formula is C26H21NO2Si. The molecule has 0 unspecified atom stereocenters. The summed E-state index contributed by atoms with van der Waals surface area (Å²) >= 11 is 0. The van der Waals surface area contributed by atoms with E-state index in [0.717, 1.165) is 55.1 Å². The third-order valence-electron chi connectivity index (χ3n) is 5.87. The van der Waals surface area contributed by atoms with Crippen molar-refractivity contribution in [2.24, 2.45) is 0 Å². The zero-order chi connectivity index (χ0) is 20.5. The van der Waals surface area contributed by atoms with Gasteiger partial charge in [0.1, 0.15) is 22.3 Å². The van der Waals surface area contributed by atoms with Gasteiger partial charge in [-0.15, -0.1) is 0 Å². The summed E-state index contributed by atoms with van der Waals surface area (Å²) in [5.74, 6) is 0. The average Bonchev–Trinajstić information content (AvgIpc) is 3.30. The monoisotopic (exact) mass is 407 g/mol. The van der Waals surface area contributed by atoms with Gasteiger partial charge in [-0.25, -0.2) is 0 Å². The number of hydrogen-bond acceptors (Lipinski definition) is 3. The van der Waals surface area contributed by atoms with Crippen LogP contribution in [0.4, 0.5) is 0 Å². The number of aromatic nitrogens is 1. The molecule has 6 rings (SSSR count). The molecule has 4 heteroatoms. The molecule has 0 spiro atoms. The van der Waals surface area contributed by atoms with Gasteiger partial charge in [0, 0.05) is 39.4 Å². The number of hydrogen-bond donors (Lipinski definition) is 0. The second-order valence-electron chi connectivity index (χ2n) is 8.88. The Morgan fingerprint density at radius 2 is 1.37 bits per heavy atom. The molecule has 3 heterocycles. The summed E-state index contributed by atoms with van der Waals surface area (Å²) in [6, 6.07) is 22.9. The van der Waals surface area contributed by atoms with Gasteiger partial charge in [0.25, 0.3) is 0 Å². The van der Waals surface area contributed by atoms with Gasteiger partial charge < -0.3 is 8.83 Å². The predicted molar refractivity (Wildman–Crippen MR) is 127 cm³/mol. The van der Waals surface area contributed by atoms with Gasteiger partial charge in [0.05, 0.1) is 13.8 Å². The largest absolute Gasteiger partial charge is 0.456 e. The fourth-order valence-corrected chi connectivity index (χ4v) is 5.84. The van der Waals surface area contributed by atoms with Crippen LogP contribution < -0.4 is 5.19 Å².